The average Bonchev–Trinajstić information content (AvgIpc) is 3.77. The van der Waals surface area contributed by atoms with Gasteiger partial charge in [0.1, 0.15) is 11.2 Å². The Bertz CT molecular complexity index is 3200. The molecule has 0 amide bonds. The van der Waals surface area contributed by atoms with Gasteiger partial charge in [-0.3, -0.25) is 0 Å². The lowest BCUT2D eigenvalue weighted by molar-refractivity contribution is 0.332. The number of aromatic nitrogens is 4. The predicted molar refractivity (Wildman–Crippen MR) is 231 cm³/mol. The Kier molecular flexibility index (Phi) is 7.00. The van der Waals surface area contributed by atoms with Crippen LogP contribution in [0, 0.1) is 0 Å². The van der Waals surface area contributed by atoms with Crippen molar-refractivity contribution in [3.8, 4) is 39.9 Å². The van der Waals surface area contributed by atoms with Gasteiger partial charge in [-0.15, -0.1) is 0 Å². The standard InChI is InChI=1S/C51H40N4O/c1-50(2)24-25-51(3,4)42-30-44-40(29-41(42)50)37-14-8-10-16-43(37)55(44)36-22-20-31-18-19-33(26-35(31)27-36)48-52-47(32-12-6-5-7-13-32)53-49(54-48)34-21-23-39-38-15-9-11-17-45(38)56-46(39)28-34/h5-23,26-30H,24-25H2,1-4H3. The maximum Gasteiger partial charge on any atom is 0.164 e. The number of benzene rings is 7. The van der Waals surface area contributed by atoms with Gasteiger partial charge in [0.2, 0.25) is 0 Å². The molecule has 0 saturated carbocycles. The minimum absolute atomic E-state index is 0.110. The summed E-state index contributed by atoms with van der Waals surface area (Å²) in [5, 5.41) is 7.04. The molecule has 1 aliphatic carbocycles. The third-order valence-corrected chi connectivity index (χ3v) is 12.3. The molecule has 0 bridgehead atoms. The number of hydrogen-bond donors (Lipinski definition) is 0. The van der Waals surface area contributed by atoms with Gasteiger partial charge in [0.15, 0.2) is 17.5 Å². The van der Waals surface area contributed by atoms with Crippen molar-refractivity contribution < 1.29 is 4.42 Å². The molecule has 56 heavy (non-hydrogen) atoms. The van der Waals surface area contributed by atoms with Gasteiger partial charge in [-0.05, 0) is 100 Å². The summed E-state index contributed by atoms with van der Waals surface area (Å²) in [5.74, 6) is 1.85. The monoisotopic (exact) mass is 724 g/mol. The van der Waals surface area contributed by atoms with Crippen LogP contribution in [0.2, 0.25) is 0 Å². The summed E-state index contributed by atoms with van der Waals surface area (Å²) in [6.07, 6.45) is 2.37. The van der Waals surface area contributed by atoms with Gasteiger partial charge in [0, 0.05) is 43.9 Å². The fourth-order valence-corrected chi connectivity index (χ4v) is 9.04. The van der Waals surface area contributed by atoms with E-state index in [2.05, 4.69) is 123 Å². The molecule has 3 heterocycles. The first-order valence-corrected chi connectivity index (χ1v) is 19.6. The SMILES string of the molecule is CC1(C)CCC(C)(C)c2cc3c(cc21)c1ccccc1n3-c1ccc2ccc(-c3nc(-c4ccccc4)nc(-c4ccc5c(c4)oc4ccccc45)n3)cc2c1. The fraction of sp³-hybridized carbons (Fsp3) is 0.157. The molecule has 0 fully saturated rings. The van der Waals surface area contributed by atoms with E-state index in [1.54, 1.807) is 0 Å². The van der Waals surface area contributed by atoms with Gasteiger partial charge in [-0.2, -0.15) is 0 Å². The van der Waals surface area contributed by atoms with Crippen molar-refractivity contribution in [3.05, 3.63) is 157 Å². The van der Waals surface area contributed by atoms with E-state index in [1.807, 2.05) is 54.6 Å². The summed E-state index contributed by atoms with van der Waals surface area (Å²) in [5.41, 5.74) is 11.2. The maximum atomic E-state index is 6.26. The number of para-hydroxylation sites is 2. The highest BCUT2D eigenvalue weighted by Crippen LogP contribution is 2.48. The van der Waals surface area contributed by atoms with Crippen molar-refractivity contribution in [2.24, 2.45) is 0 Å². The van der Waals surface area contributed by atoms with Gasteiger partial charge in [0.25, 0.3) is 0 Å². The second-order valence-corrected chi connectivity index (χ2v) is 16.8. The summed E-state index contributed by atoms with van der Waals surface area (Å²) in [4.78, 5) is 15.2. The molecule has 270 valence electrons. The van der Waals surface area contributed by atoms with Crippen LogP contribution in [0.15, 0.2) is 150 Å². The van der Waals surface area contributed by atoms with Crippen LogP contribution in [0.5, 0.6) is 0 Å². The predicted octanol–water partition coefficient (Wildman–Crippen LogP) is 13.4. The van der Waals surface area contributed by atoms with E-state index in [0.29, 0.717) is 17.5 Å². The van der Waals surface area contributed by atoms with Crippen LogP contribution in [0.4, 0.5) is 0 Å². The van der Waals surface area contributed by atoms with E-state index in [-0.39, 0.29) is 10.8 Å². The zero-order valence-electron chi connectivity index (χ0n) is 32.0. The van der Waals surface area contributed by atoms with E-state index in [9.17, 15) is 0 Å². The van der Waals surface area contributed by atoms with Crippen LogP contribution >= 0.6 is 0 Å². The third-order valence-electron chi connectivity index (χ3n) is 12.3. The van der Waals surface area contributed by atoms with E-state index in [4.69, 9.17) is 19.4 Å². The molecule has 1 aliphatic rings. The normalized spacial score (nSPS) is 14.9. The van der Waals surface area contributed by atoms with E-state index >= 15 is 0 Å². The summed E-state index contributed by atoms with van der Waals surface area (Å²) in [6.45, 7) is 9.63. The Balaban J connectivity index is 1.08. The quantitative estimate of drug-likeness (QED) is 0.181. The Hall–Kier alpha value is -6.59. The molecular weight excluding hydrogens is 685 g/mol. The zero-order valence-corrected chi connectivity index (χ0v) is 32.0. The highest BCUT2D eigenvalue weighted by atomic mass is 16.3. The molecule has 0 atom stereocenters. The van der Waals surface area contributed by atoms with Crippen LogP contribution in [0.3, 0.4) is 0 Å². The molecule has 10 aromatic rings. The first-order chi connectivity index (χ1) is 27.2. The van der Waals surface area contributed by atoms with Crippen molar-refractivity contribution in [2.75, 3.05) is 0 Å². The topological polar surface area (TPSA) is 56.7 Å². The van der Waals surface area contributed by atoms with Crippen molar-refractivity contribution in [1.82, 2.24) is 19.5 Å². The van der Waals surface area contributed by atoms with Gasteiger partial charge < -0.3 is 8.98 Å². The molecule has 0 spiro atoms. The largest absolute Gasteiger partial charge is 0.456 e. The summed E-state index contributed by atoms with van der Waals surface area (Å²) in [6, 6.07) is 51.6. The molecule has 11 rings (SSSR count). The van der Waals surface area contributed by atoms with Crippen molar-refractivity contribution in [2.45, 2.75) is 51.4 Å². The Morgan fingerprint density at radius 1 is 0.446 bits per heavy atom. The fourth-order valence-electron chi connectivity index (χ4n) is 9.04. The molecular formula is C51H40N4O. The summed E-state index contributed by atoms with van der Waals surface area (Å²) in [7, 11) is 0. The molecule has 0 saturated heterocycles. The Labute approximate surface area is 325 Å². The molecule has 0 radical (unpaired) electrons. The van der Waals surface area contributed by atoms with Crippen LogP contribution in [0.1, 0.15) is 51.7 Å². The molecule has 0 aliphatic heterocycles. The van der Waals surface area contributed by atoms with Gasteiger partial charge in [-0.1, -0.05) is 119 Å². The molecule has 3 aromatic heterocycles. The van der Waals surface area contributed by atoms with E-state index < -0.39 is 0 Å². The second-order valence-electron chi connectivity index (χ2n) is 16.8. The van der Waals surface area contributed by atoms with Gasteiger partial charge in [-0.25, -0.2) is 15.0 Å². The van der Waals surface area contributed by atoms with Gasteiger partial charge >= 0.3 is 0 Å². The molecule has 0 unspecified atom stereocenters. The third kappa shape index (κ3) is 5.11. The van der Waals surface area contributed by atoms with Crippen molar-refractivity contribution >= 4 is 54.5 Å². The Morgan fingerprint density at radius 3 is 1.84 bits per heavy atom. The highest BCUT2D eigenvalue weighted by Gasteiger charge is 2.38. The minimum atomic E-state index is 0.110. The smallest absolute Gasteiger partial charge is 0.164 e. The van der Waals surface area contributed by atoms with Crippen molar-refractivity contribution in [3.63, 3.8) is 0 Å². The van der Waals surface area contributed by atoms with Crippen molar-refractivity contribution in [1.29, 1.82) is 0 Å². The first-order valence-electron chi connectivity index (χ1n) is 19.6. The molecule has 5 nitrogen and oxygen atoms in total. The number of rotatable bonds is 4. The molecule has 7 aromatic carbocycles. The second kappa shape index (κ2) is 12.0. The van der Waals surface area contributed by atoms with Crippen LogP contribution in [0.25, 0.3) is 94.4 Å². The molecule has 5 heteroatoms. The lowest BCUT2D eigenvalue weighted by Crippen LogP contribution is -2.33. The molecule has 0 N–H and O–H groups in total. The van der Waals surface area contributed by atoms with Crippen LogP contribution in [-0.2, 0) is 10.8 Å². The summed E-state index contributed by atoms with van der Waals surface area (Å²) < 4.78 is 8.72. The number of fused-ring (bicyclic) bond motifs is 8. The van der Waals surface area contributed by atoms with Crippen LogP contribution in [-0.4, -0.2) is 19.5 Å². The minimum Gasteiger partial charge on any atom is -0.456 e. The van der Waals surface area contributed by atoms with E-state index in [0.717, 1.165) is 55.1 Å². The van der Waals surface area contributed by atoms with Crippen LogP contribution < -0.4 is 0 Å². The first kappa shape index (κ1) is 32.8. The maximum absolute atomic E-state index is 6.26. The number of furan rings is 1. The zero-order chi connectivity index (χ0) is 37.8. The average molecular weight is 725 g/mol. The summed E-state index contributed by atoms with van der Waals surface area (Å²) >= 11 is 0. The lowest BCUT2D eigenvalue weighted by Gasteiger charge is -2.42. The number of nitrogens with zero attached hydrogens (tertiary/aromatic N) is 4. The number of hydrogen-bond acceptors (Lipinski definition) is 4. The van der Waals surface area contributed by atoms with E-state index in [1.165, 1.54) is 45.8 Å². The van der Waals surface area contributed by atoms with Gasteiger partial charge in [0.05, 0.1) is 11.0 Å². The lowest BCUT2D eigenvalue weighted by atomic mass is 9.63. The Morgan fingerprint density at radius 2 is 1.05 bits per heavy atom. The highest BCUT2D eigenvalue weighted by molar-refractivity contribution is 6.10.